The number of ether oxygens (including phenoxy) is 2. The third-order valence-electron chi connectivity index (χ3n) is 14.8. The van der Waals surface area contributed by atoms with Crippen LogP contribution in [-0.2, 0) is 31.9 Å². The van der Waals surface area contributed by atoms with Crippen molar-refractivity contribution < 1.29 is 42.5 Å². The van der Waals surface area contributed by atoms with Crippen molar-refractivity contribution in [2.45, 2.75) is 170 Å². The summed E-state index contributed by atoms with van der Waals surface area (Å²) in [5.41, 5.74) is 5.81. The monoisotopic (exact) mass is 1020 g/mol. The van der Waals surface area contributed by atoms with Crippen LogP contribution < -0.4 is 5.32 Å². The first-order chi connectivity index (χ1) is 34.3. The van der Waals surface area contributed by atoms with E-state index in [1.165, 1.54) is 23.4 Å². The summed E-state index contributed by atoms with van der Waals surface area (Å²) in [5.74, 6) is 0.835. The van der Waals surface area contributed by atoms with E-state index in [1.54, 1.807) is 42.1 Å². The molecule has 4 aliphatic rings. The molecule has 4 N–H and O–H groups in total. The van der Waals surface area contributed by atoms with Crippen LogP contribution in [-0.4, -0.2) is 105 Å². The number of carbonyl (C=O) groups excluding carboxylic acids is 3. The van der Waals surface area contributed by atoms with Gasteiger partial charge in [-0.15, -0.1) is 0 Å². The van der Waals surface area contributed by atoms with Crippen LogP contribution >= 0.6 is 0 Å². The predicted octanol–water partition coefficient (Wildman–Crippen LogP) is 12.7. The van der Waals surface area contributed by atoms with Crippen molar-refractivity contribution in [3.63, 3.8) is 0 Å². The minimum absolute atomic E-state index is 0.00673. The zero-order valence-corrected chi connectivity index (χ0v) is 45.9. The summed E-state index contributed by atoms with van der Waals surface area (Å²) in [6, 6.07) is 10.3. The number of aromatic nitrogens is 2. The first-order valence-corrected chi connectivity index (χ1v) is 27.0. The lowest BCUT2D eigenvalue weighted by Gasteiger charge is -2.40. The Morgan fingerprint density at radius 2 is 1.12 bits per heavy atom. The number of rotatable bonds is 10. The molecule has 0 spiro atoms. The molecule has 4 heterocycles. The normalized spacial score (nSPS) is 22.1. The number of amides is 3. The fraction of sp³-hybridized carbons (Fsp3) is 0.655. The molecule has 2 aliphatic carbocycles. The fourth-order valence-electron chi connectivity index (χ4n) is 11.3. The van der Waals surface area contributed by atoms with Crippen molar-refractivity contribution in [3.05, 3.63) is 70.5 Å². The maximum absolute atomic E-state index is 14.0. The van der Waals surface area contributed by atoms with Gasteiger partial charge in [0, 0.05) is 78.9 Å². The lowest BCUT2D eigenvalue weighted by molar-refractivity contribution is -0.143. The smallest absolute Gasteiger partial charge is 0.410 e. The number of benzene rings is 2. The molecule has 8 rings (SSSR count). The topological polar surface area (TPSA) is 160 Å². The molecular weight excluding hydrogens is 931 g/mol. The van der Waals surface area contributed by atoms with Gasteiger partial charge in [-0.25, -0.2) is 18.4 Å². The summed E-state index contributed by atoms with van der Waals surface area (Å²) in [6.45, 7) is 22.9. The van der Waals surface area contributed by atoms with E-state index in [1.807, 2.05) is 47.6 Å². The van der Waals surface area contributed by atoms with Crippen molar-refractivity contribution in [2.24, 2.45) is 35.5 Å². The van der Waals surface area contributed by atoms with Crippen LogP contribution in [0, 0.1) is 47.1 Å². The number of hydrogen-bond donors (Lipinski definition) is 4. The molecule has 2 fully saturated rings. The van der Waals surface area contributed by atoms with Crippen LogP contribution in [0.2, 0.25) is 0 Å². The molecule has 0 bridgehead atoms. The van der Waals surface area contributed by atoms with Crippen LogP contribution in [0.25, 0.3) is 21.8 Å². The van der Waals surface area contributed by atoms with Gasteiger partial charge in [-0.2, -0.15) is 0 Å². The second kappa shape index (κ2) is 24.4. The average molecular weight is 1020 g/mol. The number of nitrogens with one attached hydrogen (secondary N) is 3. The standard InChI is InChI=1S/C29H42FN3O3.C15H19FN2.C14H25NO4/c1-18(2)15-25-26-22(23-16-21(30)11-12-24(23)31-26)13-14-33(25)27(34)20-9-7-19(8-10-20)17-32(6)28(35)36-29(3,4)5;1-9(2)7-14-15-11(5-6-17-14)12-8-10(16)3-4-13(12)18-15;1-14(2,3)19-13(18)15(4)9-10-5-7-11(8-6-10)12(16)17/h11-12,16,18-20,25,31H,7-10,13-15,17H2,1-6H3;3-4,8-9,14,17-18H,5-7H2,1-2H3;10-11H,5-9H2,1-4H3,(H,16,17). The van der Waals surface area contributed by atoms with Crippen molar-refractivity contribution in [1.82, 2.24) is 30.0 Å². The van der Waals surface area contributed by atoms with E-state index in [0.717, 1.165) is 104 Å². The fourth-order valence-corrected chi connectivity index (χ4v) is 11.3. The summed E-state index contributed by atoms with van der Waals surface area (Å²) in [5, 5.41) is 14.5. The summed E-state index contributed by atoms with van der Waals surface area (Å²) in [6.07, 6.45) is 9.83. The van der Waals surface area contributed by atoms with Gasteiger partial charge < -0.3 is 44.6 Å². The molecule has 0 saturated heterocycles. The Morgan fingerprint density at radius 3 is 1.58 bits per heavy atom. The number of fused-ring (bicyclic) bond motifs is 6. The lowest BCUT2D eigenvalue weighted by atomic mass is 9.80. The first kappa shape index (κ1) is 57.1. The molecule has 73 heavy (non-hydrogen) atoms. The second-order valence-corrected chi connectivity index (χ2v) is 24.2. The molecule has 2 aromatic heterocycles. The summed E-state index contributed by atoms with van der Waals surface area (Å²) in [4.78, 5) is 61.2. The number of hydrogen-bond acceptors (Lipinski definition) is 7. The third-order valence-corrected chi connectivity index (χ3v) is 14.8. The largest absolute Gasteiger partial charge is 0.481 e. The van der Waals surface area contributed by atoms with Gasteiger partial charge in [-0.05, 0) is 196 Å². The van der Waals surface area contributed by atoms with E-state index in [0.29, 0.717) is 62.2 Å². The Labute approximate surface area is 432 Å². The van der Waals surface area contributed by atoms with Gasteiger partial charge in [0.2, 0.25) is 5.91 Å². The molecule has 2 atom stereocenters. The number of aliphatic carboxylic acids is 1. The number of carbonyl (C=O) groups is 4. The number of halogens is 2. The molecule has 404 valence electrons. The average Bonchev–Trinajstić information content (AvgIpc) is 3.87. The molecule has 2 aliphatic heterocycles. The summed E-state index contributed by atoms with van der Waals surface area (Å²) in [7, 11) is 3.52. The molecule has 4 aromatic rings. The van der Waals surface area contributed by atoms with Crippen molar-refractivity contribution in [3.8, 4) is 0 Å². The molecule has 13 nitrogen and oxygen atoms in total. The number of aromatic amines is 2. The Morgan fingerprint density at radius 1 is 0.671 bits per heavy atom. The van der Waals surface area contributed by atoms with E-state index in [2.05, 4.69) is 47.9 Å². The highest BCUT2D eigenvalue weighted by molar-refractivity contribution is 5.87. The van der Waals surface area contributed by atoms with Crippen LogP contribution in [0.1, 0.15) is 168 Å². The Hall–Kier alpha value is -5.18. The zero-order chi connectivity index (χ0) is 53.5. The minimum atomic E-state index is -0.695. The van der Waals surface area contributed by atoms with Gasteiger partial charge in [-0.3, -0.25) is 9.59 Å². The second-order valence-electron chi connectivity index (χ2n) is 24.2. The van der Waals surface area contributed by atoms with Crippen LogP contribution in [0.5, 0.6) is 0 Å². The van der Waals surface area contributed by atoms with Crippen LogP contribution in [0.15, 0.2) is 36.4 Å². The number of nitrogens with zero attached hydrogens (tertiary/aromatic N) is 3. The van der Waals surface area contributed by atoms with E-state index < -0.39 is 17.2 Å². The maximum Gasteiger partial charge on any atom is 0.410 e. The molecule has 2 unspecified atom stereocenters. The highest BCUT2D eigenvalue weighted by atomic mass is 19.1. The Bertz CT molecular complexity index is 2510. The highest BCUT2D eigenvalue weighted by Gasteiger charge is 2.38. The predicted molar refractivity (Wildman–Crippen MR) is 284 cm³/mol. The van der Waals surface area contributed by atoms with Crippen molar-refractivity contribution in [2.75, 3.05) is 40.3 Å². The van der Waals surface area contributed by atoms with Gasteiger partial charge in [0.25, 0.3) is 0 Å². The quantitative estimate of drug-likeness (QED) is 0.122. The summed E-state index contributed by atoms with van der Waals surface area (Å²) >= 11 is 0. The minimum Gasteiger partial charge on any atom is -0.481 e. The van der Waals surface area contributed by atoms with Crippen molar-refractivity contribution >= 4 is 45.9 Å². The lowest BCUT2D eigenvalue weighted by Crippen LogP contribution is -2.45. The Kier molecular flexibility index (Phi) is 19.1. The Balaban J connectivity index is 0.000000197. The number of H-pyrrole nitrogens is 2. The van der Waals surface area contributed by atoms with E-state index in [9.17, 15) is 28.0 Å². The first-order valence-electron chi connectivity index (χ1n) is 27.0. The highest BCUT2D eigenvalue weighted by Crippen LogP contribution is 2.41. The third kappa shape index (κ3) is 15.7. The zero-order valence-electron chi connectivity index (χ0n) is 45.9. The molecule has 0 radical (unpaired) electrons. The molecule has 2 saturated carbocycles. The molecule has 3 amide bonds. The van der Waals surface area contributed by atoms with Gasteiger partial charge in [0.05, 0.1) is 12.0 Å². The van der Waals surface area contributed by atoms with Gasteiger partial charge >= 0.3 is 18.2 Å². The molecule has 15 heteroatoms. The molecular formula is C58H86F2N6O7. The van der Waals surface area contributed by atoms with Gasteiger partial charge in [-0.1, -0.05) is 27.7 Å². The van der Waals surface area contributed by atoms with Gasteiger partial charge in [0.1, 0.15) is 22.8 Å². The van der Waals surface area contributed by atoms with Crippen molar-refractivity contribution in [1.29, 1.82) is 0 Å². The van der Waals surface area contributed by atoms with E-state index >= 15 is 0 Å². The molecule has 2 aromatic carbocycles. The van der Waals surface area contributed by atoms with Crippen LogP contribution in [0.3, 0.4) is 0 Å². The van der Waals surface area contributed by atoms with Gasteiger partial charge in [0.15, 0.2) is 0 Å². The van der Waals surface area contributed by atoms with Crippen LogP contribution in [0.4, 0.5) is 18.4 Å². The SMILES string of the molecule is CC(C)CC1NCCc2c1[nH]c1ccc(F)cc21.CC(C)CC1c2[nH]c3ccc(F)cc3c2CCN1C(=O)C1CCC(CN(C)C(=O)OC(C)(C)C)CC1.CN(CC1CCC(C(=O)O)CC1)C(=O)OC(C)(C)C. The van der Waals surface area contributed by atoms with E-state index in [4.69, 9.17) is 14.6 Å². The summed E-state index contributed by atoms with van der Waals surface area (Å²) < 4.78 is 38.1. The number of carboxylic acids is 1. The van der Waals surface area contributed by atoms with E-state index in [-0.39, 0.29) is 47.6 Å². The maximum atomic E-state index is 14.0. The number of carboxylic acid groups (broad SMARTS) is 1.